The first-order valence-corrected chi connectivity index (χ1v) is 3.03. The molecule has 0 atom stereocenters. The number of amides is 1. The number of hydrogen-bond donors (Lipinski definition) is 1. The molecule has 0 aliphatic carbocycles. The van der Waals surface area contributed by atoms with Gasteiger partial charge in [0.25, 0.3) is 13.3 Å². The molecule has 11 heavy (non-hydrogen) atoms. The molecule has 0 aromatic heterocycles. The van der Waals surface area contributed by atoms with Crippen molar-refractivity contribution in [2.24, 2.45) is 0 Å². The summed E-state index contributed by atoms with van der Waals surface area (Å²) in [5.74, 6) is -0.245. The predicted octanol–water partition coefficient (Wildman–Crippen LogP) is -1.59. The van der Waals surface area contributed by atoms with E-state index in [0.717, 1.165) is 12.5 Å². The second-order valence-corrected chi connectivity index (χ2v) is 1.76. The largest absolute Gasteiger partial charge is 0.346 e. The number of nitrogens with zero attached hydrogens (tertiary/aromatic N) is 1. The van der Waals surface area contributed by atoms with E-state index in [1.807, 2.05) is 0 Å². The molecule has 0 bridgehead atoms. The standard InChI is InChI=1S/C5H10BN2O3/c1-8(11-2)5(10)3-7-6-4-9/h4,7H,3H2,1-2H3. The van der Waals surface area contributed by atoms with Crippen LogP contribution in [0.1, 0.15) is 0 Å². The van der Waals surface area contributed by atoms with Gasteiger partial charge >= 0.3 is 0 Å². The molecule has 1 N–H and O–H groups in total. The first-order chi connectivity index (χ1) is 5.22. The summed E-state index contributed by atoms with van der Waals surface area (Å²) in [4.78, 5) is 25.2. The number of carbonyl (C=O) groups excluding carboxylic acids is 2. The van der Waals surface area contributed by atoms with E-state index in [1.54, 1.807) is 0 Å². The van der Waals surface area contributed by atoms with Crippen LogP contribution in [-0.2, 0) is 14.4 Å². The lowest BCUT2D eigenvalue weighted by atomic mass is 9.99. The normalized spacial score (nSPS) is 8.91. The minimum Gasteiger partial charge on any atom is -0.346 e. The molecule has 0 spiro atoms. The van der Waals surface area contributed by atoms with E-state index < -0.39 is 0 Å². The highest BCUT2D eigenvalue weighted by Crippen LogP contribution is 1.80. The van der Waals surface area contributed by atoms with Crippen LogP contribution >= 0.6 is 0 Å². The molecule has 0 aliphatic heterocycles. The minimum absolute atomic E-state index is 0.0586. The van der Waals surface area contributed by atoms with Crippen LogP contribution in [0.2, 0.25) is 0 Å². The maximum absolute atomic E-state index is 10.9. The monoisotopic (exact) mass is 157 g/mol. The van der Waals surface area contributed by atoms with Gasteiger partial charge in [0, 0.05) is 7.05 Å². The summed E-state index contributed by atoms with van der Waals surface area (Å²) in [6, 6.07) is 0. The van der Waals surface area contributed by atoms with Gasteiger partial charge in [-0.15, -0.1) is 0 Å². The third-order valence-electron chi connectivity index (χ3n) is 1.06. The molecule has 1 amide bonds. The molecular weight excluding hydrogens is 147 g/mol. The lowest BCUT2D eigenvalue weighted by Gasteiger charge is -2.12. The van der Waals surface area contributed by atoms with Crippen LogP contribution in [0.25, 0.3) is 0 Å². The van der Waals surface area contributed by atoms with Crippen molar-refractivity contribution in [2.45, 2.75) is 0 Å². The number of carbonyl (C=O) groups is 2. The molecule has 0 aromatic rings. The average Bonchev–Trinajstić information content (AvgIpc) is 2.03. The Balaban J connectivity index is 3.43. The van der Waals surface area contributed by atoms with Gasteiger partial charge in [-0.25, -0.2) is 5.06 Å². The average molecular weight is 157 g/mol. The van der Waals surface area contributed by atoms with E-state index in [0.29, 0.717) is 6.19 Å². The molecule has 5 nitrogen and oxygen atoms in total. The van der Waals surface area contributed by atoms with E-state index in [-0.39, 0.29) is 12.5 Å². The van der Waals surface area contributed by atoms with Gasteiger partial charge in [-0.05, 0) is 0 Å². The fourth-order valence-electron chi connectivity index (χ4n) is 0.407. The fraction of sp³-hybridized carbons (Fsp3) is 0.600. The van der Waals surface area contributed by atoms with Crippen molar-refractivity contribution < 1.29 is 14.4 Å². The first kappa shape index (κ1) is 10.1. The van der Waals surface area contributed by atoms with Gasteiger partial charge in [-0.3, -0.25) is 9.63 Å². The van der Waals surface area contributed by atoms with Gasteiger partial charge < -0.3 is 10.0 Å². The summed E-state index contributed by atoms with van der Waals surface area (Å²) in [6.45, 7) is 0.0586. The molecule has 0 rings (SSSR count). The Morgan fingerprint density at radius 3 is 2.91 bits per heavy atom. The predicted molar refractivity (Wildman–Crippen MR) is 40.3 cm³/mol. The lowest BCUT2D eigenvalue weighted by Crippen LogP contribution is -2.36. The second kappa shape index (κ2) is 5.88. The molecule has 0 aliphatic rings. The van der Waals surface area contributed by atoms with Crippen molar-refractivity contribution in [3.05, 3.63) is 0 Å². The smallest absolute Gasteiger partial charge is 0.290 e. The van der Waals surface area contributed by atoms with E-state index in [9.17, 15) is 9.59 Å². The maximum atomic E-state index is 10.9. The number of rotatable bonds is 5. The third kappa shape index (κ3) is 4.52. The highest BCUT2D eigenvalue weighted by molar-refractivity contribution is 6.64. The van der Waals surface area contributed by atoms with Crippen LogP contribution in [0.5, 0.6) is 0 Å². The molecule has 1 radical (unpaired) electrons. The summed E-state index contributed by atoms with van der Waals surface area (Å²) < 4.78 is 0. The van der Waals surface area contributed by atoms with Crippen molar-refractivity contribution in [3.8, 4) is 0 Å². The molecule has 0 heterocycles. The Bertz CT molecular complexity index is 142. The minimum atomic E-state index is -0.245. The molecule has 0 fully saturated rings. The zero-order valence-electron chi connectivity index (χ0n) is 6.53. The Hall–Kier alpha value is -0.875. The van der Waals surface area contributed by atoms with Gasteiger partial charge in [-0.2, -0.15) is 0 Å². The molecule has 0 saturated carbocycles. The summed E-state index contributed by atoms with van der Waals surface area (Å²) in [6.07, 6.45) is 0.570. The molecular formula is C5H10BN2O3. The van der Waals surface area contributed by atoms with Crippen LogP contribution < -0.4 is 5.23 Å². The van der Waals surface area contributed by atoms with Crippen molar-refractivity contribution in [1.82, 2.24) is 10.3 Å². The molecule has 0 unspecified atom stereocenters. The zero-order chi connectivity index (χ0) is 8.69. The van der Waals surface area contributed by atoms with Gasteiger partial charge in [0.15, 0.2) is 0 Å². The summed E-state index contributed by atoms with van der Waals surface area (Å²) in [5.41, 5.74) is 0. The van der Waals surface area contributed by atoms with Crippen LogP contribution in [0.4, 0.5) is 0 Å². The van der Waals surface area contributed by atoms with E-state index in [4.69, 9.17) is 0 Å². The van der Waals surface area contributed by atoms with Crippen LogP contribution in [-0.4, -0.2) is 45.3 Å². The maximum Gasteiger partial charge on any atom is 0.290 e. The zero-order valence-corrected chi connectivity index (χ0v) is 6.53. The Morgan fingerprint density at radius 2 is 2.45 bits per heavy atom. The number of nitrogens with one attached hydrogen (secondary N) is 1. The van der Waals surface area contributed by atoms with Gasteiger partial charge in [0.1, 0.15) is 0 Å². The van der Waals surface area contributed by atoms with Crippen LogP contribution in [0.3, 0.4) is 0 Å². The van der Waals surface area contributed by atoms with Crippen molar-refractivity contribution in [2.75, 3.05) is 20.7 Å². The highest BCUT2D eigenvalue weighted by atomic mass is 16.7. The molecule has 61 valence electrons. The van der Waals surface area contributed by atoms with Gasteiger partial charge in [0.2, 0.25) is 0 Å². The van der Waals surface area contributed by atoms with Crippen LogP contribution in [0, 0.1) is 0 Å². The van der Waals surface area contributed by atoms with E-state index in [2.05, 4.69) is 10.1 Å². The third-order valence-corrected chi connectivity index (χ3v) is 1.06. The Kier molecular flexibility index (Phi) is 5.41. The summed E-state index contributed by atoms with van der Waals surface area (Å²) in [7, 11) is 4.04. The Morgan fingerprint density at radius 1 is 1.82 bits per heavy atom. The van der Waals surface area contributed by atoms with Crippen molar-refractivity contribution in [1.29, 1.82) is 0 Å². The fourth-order valence-corrected chi connectivity index (χ4v) is 0.407. The highest BCUT2D eigenvalue weighted by Gasteiger charge is 2.05. The van der Waals surface area contributed by atoms with Crippen molar-refractivity contribution >= 4 is 19.5 Å². The Labute approximate surface area is 65.9 Å². The van der Waals surface area contributed by atoms with Gasteiger partial charge in [0.05, 0.1) is 19.8 Å². The SMILES string of the molecule is CON(C)C(=O)CN[B]C=O. The quantitative estimate of drug-likeness (QED) is 0.226. The van der Waals surface area contributed by atoms with Crippen molar-refractivity contribution in [3.63, 3.8) is 0 Å². The molecule has 6 heteroatoms. The molecule has 0 saturated heterocycles. The van der Waals surface area contributed by atoms with E-state index in [1.165, 1.54) is 14.2 Å². The summed E-state index contributed by atoms with van der Waals surface area (Å²) >= 11 is 0. The van der Waals surface area contributed by atoms with Crippen LogP contribution in [0.15, 0.2) is 0 Å². The number of hydrogen-bond acceptors (Lipinski definition) is 4. The van der Waals surface area contributed by atoms with E-state index >= 15 is 0 Å². The first-order valence-electron chi connectivity index (χ1n) is 3.03. The van der Waals surface area contributed by atoms with Gasteiger partial charge in [-0.1, -0.05) is 0 Å². The number of hydroxylamine groups is 2. The molecule has 0 aromatic carbocycles. The number of likely N-dealkylation sites (N-methyl/N-ethyl adjacent to an activating group) is 1. The summed E-state index contributed by atoms with van der Waals surface area (Å²) in [5, 5.41) is 3.56. The second-order valence-electron chi connectivity index (χ2n) is 1.76. The topological polar surface area (TPSA) is 58.6 Å². The lowest BCUT2D eigenvalue weighted by molar-refractivity contribution is -0.167.